The molecule has 0 radical (unpaired) electrons. The second kappa shape index (κ2) is 9.30. The lowest BCUT2D eigenvalue weighted by Gasteiger charge is -2.14. The molecule has 4 rings (SSSR count). The monoisotopic (exact) mass is 491 g/mol. The van der Waals surface area contributed by atoms with Crippen LogP contribution in [0.5, 0.6) is 5.75 Å². The van der Waals surface area contributed by atoms with E-state index in [4.69, 9.17) is 0 Å². The first-order valence-corrected chi connectivity index (χ1v) is 12.7. The molecule has 0 fully saturated rings. The topological polar surface area (TPSA) is 124 Å². The Bertz CT molecular complexity index is 1480. The summed E-state index contributed by atoms with van der Waals surface area (Å²) in [6.45, 7) is 5.67. The van der Waals surface area contributed by atoms with Gasteiger partial charge in [-0.1, -0.05) is 30.3 Å². The number of rotatable bonds is 6. The summed E-state index contributed by atoms with van der Waals surface area (Å²) in [4.78, 5) is 13.0. The zero-order valence-electron chi connectivity index (χ0n) is 19.7. The number of hydrogen-bond donors (Lipinski definition) is 2. The molecular formula is C25H25N5O4S. The average molecular weight is 492 g/mol. The normalized spacial score (nSPS) is 16.1. The molecule has 3 aromatic rings. The number of sulfonamides is 1. The van der Waals surface area contributed by atoms with Crippen molar-refractivity contribution in [2.24, 2.45) is 15.3 Å². The minimum atomic E-state index is -3.45. The van der Waals surface area contributed by atoms with Gasteiger partial charge in [0.1, 0.15) is 5.69 Å². The zero-order chi connectivity index (χ0) is 25.3. The number of anilines is 2. The highest BCUT2D eigenvalue weighted by molar-refractivity contribution is 7.92. The number of phenolic OH excluding ortho intramolecular Hbond substituents is 1. The molecule has 1 amide bonds. The van der Waals surface area contributed by atoms with Crippen molar-refractivity contribution >= 4 is 38.7 Å². The van der Waals surface area contributed by atoms with Crippen LogP contribution in [0, 0.1) is 13.8 Å². The minimum Gasteiger partial charge on any atom is -0.505 e. The SMILES string of the molecule is CC1=NN(c2ccc(C)c(C)c2)C(=O)C1N=Nc1cccc(-c2cccc(NS(C)(=O)=O)c2)c1O. The molecule has 180 valence electrons. The Kier molecular flexibility index (Phi) is 6.40. The number of amides is 1. The fourth-order valence-corrected chi connectivity index (χ4v) is 4.22. The van der Waals surface area contributed by atoms with Crippen LogP contribution in [0.4, 0.5) is 17.1 Å². The van der Waals surface area contributed by atoms with Gasteiger partial charge in [-0.25, -0.2) is 8.42 Å². The summed E-state index contributed by atoms with van der Waals surface area (Å²) < 4.78 is 25.5. The maximum Gasteiger partial charge on any atom is 0.280 e. The molecule has 35 heavy (non-hydrogen) atoms. The molecule has 0 saturated carbocycles. The lowest BCUT2D eigenvalue weighted by molar-refractivity contribution is -0.117. The van der Waals surface area contributed by atoms with Crippen LogP contribution in [0.25, 0.3) is 11.1 Å². The molecule has 0 bridgehead atoms. The Hall–Kier alpha value is -4.05. The highest BCUT2D eigenvalue weighted by Crippen LogP contribution is 2.38. The van der Waals surface area contributed by atoms with Crippen LogP contribution in [0.1, 0.15) is 18.1 Å². The number of phenols is 1. The Balaban J connectivity index is 1.59. The Labute approximate surface area is 203 Å². The molecule has 3 aromatic carbocycles. The maximum atomic E-state index is 13.0. The molecule has 9 nitrogen and oxygen atoms in total. The first-order valence-electron chi connectivity index (χ1n) is 10.8. The van der Waals surface area contributed by atoms with Crippen molar-refractivity contribution in [3.8, 4) is 16.9 Å². The summed E-state index contributed by atoms with van der Waals surface area (Å²) in [6.07, 6.45) is 1.06. The van der Waals surface area contributed by atoms with Crippen LogP contribution in [-0.4, -0.2) is 37.4 Å². The molecule has 1 aliphatic heterocycles. The van der Waals surface area contributed by atoms with Gasteiger partial charge in [0, 0.05) is 11.3 Å². The predicted molar refractivity (Wildman–Crippen MR) is 137 cm³/mol. The number of carbonyl (C=O) groups is 1. The number of azo groups is 1. The van der Waals surface area contributed by atoms with Crippen LogP contribution < -0.4 is 9.73 Å². The van der Waals surface area contributed by atoms with Gasteiger partial charge in [-0.2, -0.15) is 20.3 Å². The van der Waals surface area contributed by atoms with E-state index < -0.39 is 16.1 Å². The summed E-state index contributed by atoms with van der Waals surface area (Å²) in [5.74, 6) is -0.469. The van der Waals surface area contributed by atoms with Crippen molar-refractivity contribution in [1.29, 1.82) is 0 Å². The van der Waals surface area contributed by atoms with Gasteiger partial charge in [0.15, 0.2) is 11.8 Å². The molecule has 10 heteroatoms. The first-order chi connectivity index (χ1) is 16.5. The first kappa shape index (κ1) is 24.1. The van der Waals surface area contributed by atoms with Gasteiger partial charge in [0.05, 0.1) is 17.7 Å². The van der Waals surface area contributed by atoms with E-state index in [1.54, 1.807) is 49.4 Å². The molecule has 0 spiro atoms. The molecule has 1 heterocycles. The Morgan fingerprint density at radius 2 is 1.74 bits per heavy atom. The smallest absolute Gasteiger partial charge is 0.280 e. The van der Waals surface area contributed by atoms with E-state index in [2.05, 4.69) is 20.1 Å². The van der Waals surface area contributed by atoms with E-state index >= 15 is 0 Å². The standard InChI is InChI=1S/C25H25N5O4S/c1-15-11-12-20(13-16(15)2)30-25(32)23(17(3)28-30)27-26-22-10-6-9-21(24(22)31)18-7-5-8-19(14-18)29-35(4,33)34/h5-14,23,29,31H,1-4H3. The van der Waals surface area contributed by atoms with Gasteiger partial charge in [0.2, 0.25) is 10.0 Å². The summed E-state index contributed by atoms with van der Waals surface area (Å²) >= 11 is 0. The molecule has 1 atom stereocenters. The van der Waals surface area contributed by atoms with Gasteiger partial charge in [0.25, 0.3) is 5.91 Å². The number of hydrazone groups is 1. The quantitative estimate of drug-likeness (QED) is 0.475. The number of hydrogen-bond acceptors (Lipinski definition) is 7. The second-order valence-corrected chi connectivity index (χ2v) is 10.2. The lowest BCUT2D eigenvalue weighted by Crippen LogP contribution is -2.29. The third kappa shape index (κ3) is 5.22. The van der Waals surface area contributed by atoms with Crippen LogP contribution in [-0.2, 0) is 14.8 Å². The maximum absolute atomic E-state index is 13.0. The van der Waals surface area contributed by atoms with E-state index in [0.29, 0.717) is 28.2 Å². The number of aryl methyl sites for hydroxylation is 2. The third-order valence-corrected chi connectivity index (χ3v) is 6.21. The number of para-hydroxylation sites is 1. The van der Waals surface area contributed by atoms with Crippen molar-refractivity contribution in [3.63, 3.8) is 0 Å². The van der Waals surface area contributed by atoms with Gasteiger partial charge >= 0.3 is 0 Å². The van der Waals surface area contributed by atoms with Gasteiger partial charge in [-0.05, 0) is 67.8 Å². The molecule has 0 saturated heterocycles. The highest BCUT2D eigenvalue weighted by atomic mass is 32.2. The van der Waals surface area contributed by atoms with Gasteiger partial charge in [-0.15, -0.1) is 0 Å². The van der Waals surface area contributed by atoms with Crippen LogP contribution in [0.15, 0.2) is 76.0 Å². The van der Waals surface area contributed by atoms with Crippen LogP contribution in [0.3, 0.4) is 0 Å². The lowest BCUT2D eigenvalue weighted by atomic mass is 10.0. The summed E-state index contributed by atoms with van der Waals surface area (Å²) in [6, 6.07) is 16.3. The fraction of sp³-hybridized carbons (Fsp3) is 0.200. The van der Waals surface area contributed by atoms with E-state index in [0.717, 1.165) is 17.4 Å². The molecule has 1 unspecified atom stereocenters. The second-order valence-electron chi connectivity index (χ2n) is 8.41. The number of nitrogens with one attached hydrogen (secondary N) is 1. The summed E-state index contributed by atoms with van der Waals surface area (Å²) in [7, 11) is -3.45. The molecule has 0 aromatic heterocycles. The molecular weight excluding hydrogens is 466 g/mol. The number of nitrogens with zero attached hydrogens (tertiary/aromatic N) is 4. The third-order valence-electron chi connectivity index (χ3n) is 5.60. The molecule has 0 aliphatic carbocycles. The largest absolute Gasteiger partial charge is 0.505 e. The van der Waals surface area contributed by atoms with E-state index in [9.17, 15) is 18.3 Å². The van der Waals surface area contributed by atoms with Gasteiger partial charge in [-0.3, -0.25) is 9.52 Å². The van der Waals surface area contributed by atoms with Crippen molar-refractivity contribution < 1.29 is 18.3 Å². The van der Waals surface area contributed by atoms with E-state index in [1.165, 1.54) is 5.01 Å². The average Bonchev–Trinajstić information content (AvgIpc) is 3.07. The van der Waals surface area contributed by atoms with E-state index in [1.807, 2.05) is 32.0 Å². The Morgan fingerprint density at radius 1 is 1.00 bits per heavy atom. The van der Waals surface area contributed by atoms with Crippen molar-refractivity contribution in [2.75, 3.05) is 16.0 Å². The fourth-order valence-electron chi connectivity index (χ4n) is 3.66. The van der Waals surface area contributed by atoms with E-state index in [-0.39, 0.29) is 17.3 Å². The predicted octanol–water partition coefficient (Wildman–Crippen LogP) is 4.92. The van der Waals surface area contributed by atoms with Crippen LogP contribution >= 0.6 is 0 Å². The highest BCUT2D eigenvalue weighted by Gasteiger charge is 2.35. The summed E-state index contributed by atoms with van der Waals surface area (Å²) in [5.41, 5.74) is 4.88. The van der Waals surface area contributed by atoms with Crippen molar-refractivity contribution in [1.82, 2.24) is 0 Å². The van der Waals surface area contributed by atoms with Crippen LogP contribution in [0.2, 0.25) is 0 Å². The zero-order valence-corrected chi connectivity index (χ0v) is 20.5. The Morgan fingerprint density at radius 3 is 2.46 bits per heavy atom. The number of aromatic hydroxyl groups is 1. The summed E-state index contributed by atoms with van der Waals surface area (Å²) in [5, 5.41) is 24.9. The van der Waals surface area contributed by atoms with Gasteiger partial charge < -0.3 is 5.11 Å². The molecule has 1 aliphatic rings. The molecule has 2 N–H and O–H groups in total. The van der Waals surface area contributed by atoms with Crippen molar-refractivity contribution in [3.05, 3.63) is 71.8 Å². The number of benzene rings is 3. The number of carbonyl (C=O) groups excluding carboxylic acids is 1. The minimum absolute atomic E-state index is 0.140. The van der Waals surface area contributed by atoms with Crippen molar-refractivity contribution in [2.45, 2.75) is 26.8 Å².